The first kappa shape index (κ1) is 19.0. The van der Waals surface area contributed by atoms with Crippen molar-refractivity contribution < 1.29 is 13.2 Å². The van der Waals surface area contributed by atoms with Crippen molar-refractivity contribution in [3.63, 3.8) is 0 Å². The number of carbonyl (C=O) groups is 1. The molecule has 0 radical (unpaired) electrons. The van der Waals surface area contributed by atoms with Gasteiger partial charge in [0, 0.05) is 16.3 Å². The zero-order valence-electron chi connectivity index (χ0n) is 14.3. The molecule has 3 aromatic carbocycles. The predicted octanol–water partition coefficient (Wildman–Crippen LogP) is 4.22. The molecule has 3 aromatic rings. The summed E-state index contributed by atoms with van der Waals surface area (Å²) in [5, 5.41) is 2.77. The Labute approximate surface area is 162 Å². The molecule has 0 saturated heterocycles. The van der Waals surface area contributed by atoms with E-state index in [-0.39, 0.29) is 16.6 Å². The molecule has 7 heteroatoms. The molecule has 2 N–H and O–H groups in total. The van der Waals surface area contributed by atoms with Crippen LogP contribution in [-0.2, 0) is 14.8 Å². The largest absolute Gasteiger partial charge is 0.325 e. The van der Waals surface area contributed by atoms with Gasteiger partial charge < -0.3 is 5.32 Å². The van der Waals surface area contributed by atoms with Crippen LogP contribution in [0.5, 0.6) is 0 Å². The summed E-state index contributed by atoms with van der Waals surface area (Å²) >= 11 is 1.44. The lowest BCUT2D eigenvalue weighted by Crippen LogP contribution is -2.15. The molecule has 27 heavy (non-hydrogen) atoms. The molecule has 0 aliphatic carbocycles. The number of hydrogen-bond donors (Lipinski definition) is 2. The molecule has 0 aliphatic heterocycles. The molecule has 3 rings (SSSR count). The number of hydrogen-bond acceptors (Lipinski definition) is 4. The maximum atomic E-state index is 12.4. The van der Waals surface area contributed by atoms with Crippen LogP contribution in [0.15, 0.2) is 94.7 Å². The van der Waals surface area contributed by atoms with Gasteiger partial charge in [0.05, 0.1) is 10.6 Å². The summed E-state index contributed by atoms with van der Waals surface area (Å²) in [7, 11) is -3.67. The summed E-state index contributed by atoms with van der Waals surface area (Å²) in [5.41, 5.74) is 1.04. The van der Waals surface area contributed by atoms with E-state index in [9.17, 15) is 13.2 Å². The fourth-order valence-electron chi connectivity index (χ4n) is 2.30. The number of rotatable bonds is 7. The van der Waals surface area contributed by atoms with Gasteiger partial charge in [-0.3, -0.25) is 9.52 Å². The van der Waals surface area contributed by atoms with E-state index in [0.717, 1.165) is 4.90 Å². The average Bonchev–Trinajstić information content (AvgIpc) is 2.68. The lowest BCUT2D eigenvalue weighted by atomic mass is 10.3. The third kappa shape index (κ3) is 5.60. The van der Waals surface area contributed by atoms with Gasteiger partial charge in [-0.2, -0.15) is 0 Å². The Morgan fingerprint density at radius 3 is 2.00 bits per heavy atom. The summed E-state index contributed by atoms with van der Waals surface area (Å²) in [6.45, 7) is 0. The molecular formula is C20H18N2O3S2. The van der Waals surface area contributed by atoms with E-state index in [1.807, 2.05) is 36.4 Å². The first-order chi connectivity index (χ1) is 13.0. The Hall–Kier alpha value is -2.77. The molecule has 0 bridgehead atoms. The second kappa shape index (κ2) is 8.75. The summed E-state index contributed by atoms with van der Waals surface area (Å²) in [6.07, 6.45) is 0. The molecule has 0 fully saturated rings. The van der Waals surface area contributed by atoms with Gasteiger partial charge in [0.15, 0.2) is 0 Å². The third-order valence-corrected chi connectivity index (χ3v) is 6.00. The normalized spacial score (nSPS) is 11.0. The van der Waals surface area contributed by atoms with Gasteiger partial charge in [-0.25, -0.2) is 8.42 Å². The van der Waals surface area contributed by atoms with E-state index < -0.39 is 10.0 Å². The molecule has 0 aliphatic rings. The summed E-state index contributed by atoms with van der Waals surface area (Å²) in [6, 6.07) is 24.4. The molecule has 0 spiro atoms. The van der Waals surface area contributed by atoms with Gasteiger partial charge in [-0.1, -0.05) is 36.4 Å². The van der Waals surface area contributed by atoms with Gasteiger partial charge in [0.1, 0.15) is 0 Å². The Morgan fingerprint density at radius 2 is 1.37 bits per heavy atom. The van der Waals surface area contributed by atoms with Crippen molar-refractivity contribution in [3.8, 4) is 0 Å². The lowest BCUT2D eigenvalue weighted by Gasteiger charge is -2.09. The zero-order valence-corrected chi connectivity index (χ0v) is 16.0. The number of nitrogens with one attached hydrogen (secondary N) is 2. The van der Waals surface area contributed by atoms with E-state index in [0.29, 0.717) is 11.4 Å². The standard InChI is InChI=1S/C20H18N2O3S2/c23-20(15-26-18-9-5-2-6-10-18)21-16-11-13-19(14-12-16)27(24,25)22-17-7-3-1-4-8-17/h1-14,22H,15H2,(H,21,23). The number of para-hydroxylation sites is 1. The van der Waals surface area contributed by atoms with Crippen LogP contribution in [-0.4, -0.2) is 20.1 Å². The first-order valence-electron chi connectivity index (χ1n) is 8.18. The molecule has 0 aromatic heterocycles. The second-order valence-corrected chi connectivity index (χ2v) is 8.38. The fourth-order valence-corrected chi connectivity index (χ4v) is 4.08. The first-order valence-corrected chi connectivity index (χ1v) is 10.7. The summed E-state index contributed by atoms with van der Waals surface area (Å²) < 4.78 is 27.3. The van der Waals surface area contributed by atoms with Crippen molar-refractivity contribution in [2.24, 2.45) is 0 Å². The van der Waals surface area contributed by atoms with Gasteiger partial charge in [0.25, 0.3) is 10.0 Å². The van der Waals surface area contributed by atoms with Crippen LogP contribution in [0.3, 0.4) is 0 Å². The van der Waals surface area contributed by atoms with E-state index in [4.69, 9.17) is 0 Å². The van der Waals surface area contributed by atoms with Crippen molar-refractivity contribution in [3.05, 3.63) is 84.9 Å². The number of benzene rings is 3. The van der Waals surface area contributed by atoms with Crippen molar-refractivity contribution in [2.45, 2.75) is 9.79 Å². The van der Waals surface area contributed by atoms with Crippen molar-refractivity contribution in [1.29, 1.82) is 0 Å². The molecule has 138 valence electrons. The Morgan fingerprint density at radius 1 is 0.778 bits per heavy atom. The Kier molecular flexibility index (Phi) is 6.16. The van der Waals surface area contributed by atoms with E-state index in [1.165, 1.54) is 23.9 Å². The van der Waals surface area contributed by atoms with Crippen molar-refractivity contribution in [1.82, 2.24) is 0 Å². The van der Waals surface area contributed by atoms with Crippen LogP contribution < -0.4 is 10.0 Å². The minimum atomic E-state index is -3.67. The molecule has 0 heterocycles. The minimum Gasteiger partial charge on any atom is -0.325 e. The maximum absolute atomic E-state index is 12.4. The highest BCUT2D eigenvalue weighted by Crippen LogP contribution is 2.20. The van der Waals surface area contributed by atoms with Crippen molar-refractivity contribution in [2.75, 3.05) is 15.8 Å². The highest BCUT2D eigenvalue weighted by Gasteiger charge is 2.14. The van der Waals surface area contributed by atoms with Crippen LogP contribution >= 0.6 is 11.8 Å². The van der Waals surface area contributed by atoms with Gasteiger partial charge in [-0.15, -0.1) is 11.8 Å². The Balaban J connectivity index is 1.59. The van der Waals surface area contributed by atoms with Crippen LogP contribution in [0.25, 0.3) is 0 Å². The third-order valence-electron chi connectivity index (χ3n) is 3.59. The van der Waals surface area contributed by atoms with Gasteiger partial charge in [0.2, 0.25) is 5.91 Å². The number of amides is 1. The fraction of sp³-hybridized carbons (Fsp3) is 0.0500. The highest BCUT2D eigenvalue weighted by atomic mass is 32.2. The highest BCUT2D eigenvalue weighted by molar-refractivity contribution is 8.00. The second-order valence-electron chi connectivity index (χ2n) is 5.65. The van der Waals surface area contributed by atoms with Crippen LogP contribution in [0.4, 0.5) is 11.4 Å². The monoisotopic (exact) mass is 398 g/mol. The minimum absolute atomic E-state index is 0.128. The maximum Gasteiger partial charge on any atom is 0.261 e. The number of anilines is 2. The molecule has 0 unspecified atom stereocenters. The predicted molar refractivity (Wildman–Crippen MR) is 109 cm³/mol. The lowest BCUT2D eigenvalue weighted by molar-refractivity contribution is -0.113. The van der Waals surface area contributed by atoms with Gasteiger partial charge >= 0.3 is 0 Å². The van der Waals surface area contributed by atoms with E-state index in [2.05, 4.69) is 10.0 Å². The topological polar surface area (TPSA) is 75.3 Å². The summed E-state index contributed by atoms with van der Waals surface area (Å²) in [5.74, 6) is 0.126. The SMILES string of the molecule is O=C(CSc1ccccc1)Nc1ccc(S(=O)(=O)Nc2ccccc2)cc1. The summed E-state index contributed by atoms with van der Waals surface area (Å²) in [4.78, 5) is 13.2. The van der Waals surface area contributed by atoms with Gasteiger partial charge in [-0.05, 0) is 48.5 Å². The molecule has 1 amide bonds. The van der Waals surface area contributed by atoms with E-state index in [1.54, 1.807) is 36.4 Å². The molecule has 0 atom stereocenters. The molecule has 0 saturated carbocycles. The molecule has 5 nitrogen and oxygen atoms in total. The number of thioether (sulfide) groups is 1. The average molecular weight is 399 g/mol. The van der Waals surface area contributed by atoms with Crippen LogP contribution in [0.2, 0.25) is 0 Å². The van der Waals surface area contributed by atoms with Crippen molar-refractivity contribution >= 4 is 39.1 Å². The smallest absolute Gasteiger partial charge is 0.261 e. The molecular weight excluding hydrogens is 380 g/mol. The zero-order chi connectivity index (χ0) is 19.1. The van der Waals surface area contributed by atoms with Crippen LogP contribution in [0, 0.1) is 0 Å². The van der Waals surface area contributed by atoms with E-state index >= 15 is 0 Å². The van der Waals surface area contributed by atoms with Crippen LogP contribution in [0.1, 0.15) is 0 Å². The number of carbonyl (C=O) groups excluding carboxylic acids is 1. The Bertz CT molecular complexity index is 990. The number of sulfonamides is 1. The quantitative estimate of drug-likeness (QED) is 0.585.